The van der Waals surface area contributed by atoms with Crippen LogP contribution in [0.25, 0.3) is 22.4 Å². The van der Waals surface area contributed by atoms with Crippen LogP contribution in [0, 0.1) is 0 Å². The van der Waals surface area contributed by atoms with Crippen molar-refractivity contribution >= 4 is 61.8 Å². The molecule has 0 bridgehead atoms. The van der Waals surface area contributed by atoms with Gasteiger partial charge in [-0.3, -0.25) is 0 Å². The molecule has 0 fully saturated rings. The highest BCUT2D eigenvalue weighted by Gasteiger charge is 2.11. The number of imidazole rings is 1. The molecule has 19 heavy (non-hydrogen) atoms. The predicted molar refractivity (Wildman–Crippen MR) is 84.3 cm³/mol. The fraction of sp³-hybridized carbons (Fsp3) is 0. The van der Waals surface area contributed by atoms with Gasteiger partial charge < -0.3 is 4.98 Å². The number of H-pyrrole nitrogens is 1. The first-order valence-corrected chi connectivity index (χ1v) is 7.27. The van der Waals surface area contributed by atoms with Gasteiger partial charge in [0, 0.05) is 15.1 Å². The normalized spacial score (nSPS) is 11.2. The second kappa shape index (κ2) is 4.98. The summed E-state index contributed by atoms with van der Waals surface area (Å²) >= 11 is 21.5. The van der Waals surface area contributed by atoms with Crippen LogP contribution in [0.3, 0.4) is 0 Å². The average Bonchev–Trinajstić information content (AvgIpc) is 2.75. The molecule has 0 radical (unpaired) electrons. The van der Waals surface area contributed by atoms with Crippen molar-refractivity contribution in [2.75, 3.05) is 0 Å². The zero-order chi connectivity index (χ0) is 13.6. The van der Waals surface area contributed by atoms with E-state index in [0.29, 0.717) is 20.9 Å². The smallest absolute Gasteiger partial charge is 0.139 e. The van der Waals surface area contributed by atoms with Crippen molar-refractivity contribution in [2.45, 2.75) is 0 Å². The van der Waals surface area contributed by atoms with E-state index in [2.05, 4.69) is 25.9 Å². The third-order valence-electron chi connectivity index (χ3n) is 2.71. The van der Waals surface area contributed by atoms with Crippen molar-refractivity contribution < 1.29 is 0 Å². The maximum absolute atomic E-state index is 6.01. The average molecular weight is 376 g/mol. The van der Waals surface area contributed by atoms with Gasteiger partial charge >= 0.3 is 0 Å². The molecule has 3 rings (SSSR count). The Hall–Kier alpha value is -0.740. The lowest BCUT2D eigenvalue weighted by molar-refractivity contribution is 1.33. The Balaban J connectivity index is 2.23. The molecule has 0 spiro atoms. The van der Waals surface area contributed by atoms with Gasteiger partial charge in [-0.1, -0.05) is 50.7 Å². The van der Waals surface area contributed by atoms with Gasteiger partial charge in [-0.15, -0.1) is 0 Å². The minimum Gasteiger partial charge on any atom is -0.338 e. The van der Waals surface area contributed by atoms with Crippen LogP contribution in [0.15, 0.2) is 34.8 Å². The summed E-state index contributed by atoms with van der Waals surface area (Å²) < 4.78 is 0.910. The molecule has 0 saturated carbocycles. The number of nitrogens with zero attached hydrogens (tertiary/aromatic N) is 1. The Bertz CT molecular complexity index is 744. The maximum atomic E-state index is 6.01. The maximum Gasteiger partial charge on any atom is 0.139 e. The summed E-state index contributed by atoms with van der Waals surface area (Å²) in [5.41, 5.74) is 2.48. The minimum absolute atomic E-state index is 0.484. The molecule has 6 heteroatoms. The van der Waals surface area contributed by atoms with Crippen molar-refractivity contribution in [3.63, 3.8) is 0 Å². The van der Waals surface area contributed by atoms with Crippen LogP contribution in [0.5, 0.6) is 0 Å². The van der Waals surface area contributed by atoms with Crippen LogP contribution in [0.1, 0.15) is 0 Å². The summed E-state index contributed by atoms with van der Waals surface area (Å²) in [4.78, 5) is 7.70. The zero-order valence-corrected chi connectivity index (χ0v) is 13.2. The minimum atomic E-state index is 0.484. The third kappa shape index (κ3) is 2.48. The second-order valence-electron chi connectivity index (χ2n) is 3.99. The number of aromatic nitrogens is 2. The van der Waals surface area contributed by atoms with Gasteiger partial charge in [-0.2, -0.15) is 0 Å². The molecular formula is C13H6BrCl3N2. The van der Waals surface area contributed by atoms with Gasteiger partial charge in [0.2, 0.25) is 0 Å². The molecular weight excluding hydrogens is 370 g/mol. The van der Waals surface area contributed by atoms with Crippen molar-refractivity contribution in [1.82, 2.24) is 9.97 Å². The van der Waals surface area contributed by atoms with E-state index < -0.39 is 0 Å². The molecule has 0 saturated heterocycles. The van der Waals surface area contributed by atoms with Crippen LogP contribution >= 0.6 is 50.7 Å². The molecule has 3 aromatic rings. The van der Waals surface area contributed by atoms with Crippen molar-refractivity contribution in [2.24, 2.45) is 0 Å². The lowest BCUT2D eigenvalue weighted by atomic mass is 10.2. The summed E-state index contributed by atoms with van der Waals surface area (Å²) in [7, 11) is 0. The first kappa shape index (κ1) is 13.3. The number of aromatic amines is 1. The van der Waals surface area contributed by atoms with Crippen LogP contribution in [0.4, 0.5) is 0 Å². The first-order chi connectivity index (χ1) is 9.04. The molecule has 1 N–H and O–H groups in total. The number of nitrogens with one attached hydrogen (secondary N) is 1. The topological polar surface area (TPSA) is 28.7 Å². The highest BCUT2D eigenvalue weighted by Crippen LogP contribution is 2.32. The van der Waals surface area contributed by atoms with Gasteiger partial charge in [0.15, 0.2) is 0 Å². The fourth-order valence-corrected chi connectivity index (χ4v) is 2.74. The molecule has 0 atom stereocenters. The van der Waals surface area contributed by atoms with Crippen molar-refractivity contribution in [3.8, 4) is 11.4 Å². The van der Waals surface area contributed by atoms with Gasteiger partial charge in [0.1, 0.15) is 5.82 Å². The lowest BCUT2D eigenvalue weighted by Gasteiger charge is -2.00. The number of hydrogen-bond acceptors (Lipinski definition) is 1. The quantitative estimate of drug-likeness (QED) is 0.558. The number of hydrogen-bond donors (Lipinski definition) is 1. The summed E-state index contributed by atoms with van der Waals surface area (Å²) in [5, 5.41) is 1.63. The molecule has 2 aromatic carbocycles. The van der Waals surface area contributed by atoms with Crippen LogP contribution in [-0.4, -0.2) is 9.97 Å². The molecule has 0 amide bonds. The Morgan fingerprint density at radius 1 is 1.00 bits per heavy atom. The summed E-state index contributed by atoms with van der Waals surface area (Å²) in [6.07, 6.45) is 0. The summed E-state index contributed by atoms with van der Waals surface area (Å²) in [6.45, 7) is 0. The SMILES string of the molecule is Clc1ccc(Br)c(-c2nc3cc(Cl)c(Cl)cc3[nH]2)c1. The Kier molecular flexibility index (Phi) is 3.48. The Morgan fingerprint density at radius 2 is 1.74 bits per heavy atom. The number of benzene rings is 2. The lowest BCUT2D eigenvalue weighted by Crippen LogP contribution is -1.82. The Labute approximate surface area is 132 Å². The van der Waals surface area contributed by atoms with Crippen LogP contribution in [0.2, 0.25) is 15.1 Å². The van der Waals surface area contributed by atoms with Crippen molar-refractivity contribution in [1.29, 1.82) is 0 Å². The molecule has 2 nitrogen and oxygen atoms in total. The van der Waals surface area contributed by atoms with Gasteiger partial charge in [0.05, 0.1) is 21.1 Å². The number of rotatable bonds is 1. The standard InChI is InChI=1S/C13H6BrCl3N2/c14-8-2-1-6(15)3-7(8)13-18-11-4-9(16)10(17)5-12(11)19-13/h1-5H,(H,18,19). The van der Waals surface area contributed by atoms with Crippen molar-refractivity contribution in [3.05, 3.63) is 49.9 Å². The highest BCUT2D eigenvalue weighted by atomic mass is 79.9. The second-order valence-corrected chi connectivity index (χ2v) is 6.10. The molecule has 1 aromatic heterocycles. The molecule has 0 aliphatic carbocycles. The first-order valence-electron chi connectivity index (χ1n) is 5.35. The van der Waals surface area contributed by atoms with E-state index >= 15 is 0 Å². The summed E-state index contributed by atoms with van der Waals surface area (Å²) in [5.74, 6) is 0.711. The van der Waals surface area contributed by atoms with E-state index in [1.165, 1.54) is 0 Å². The monoisotopic (exact) mass is 374 g/mol. The van der Waals surface area contributed by atoms with E-state index in [1.54, 1.807) is 12.1 Å². The van der Waals surface area contributed by atoms with E-state index in [9.17, 15) is 0 Å². The van der Waals surface area contributed by atoms with Gasteiger partial charge in [-0.05, 0) is 30.3 Å². The largest absolute Gasteiger partial charge is 0.338 e. The third-order valence-corrected chi connectivity index (χ3v) is 4.36. The van der Waals surface area contributed by atoms with E-state index in [1.807, 2.05) is 18.2 Å². The number of halogens is 4. The molecule has 0 aliphatic heterocycles. The zero-order valence-electron chi connectivity index (χ0n) is 9.35. The van der Waals surface area contributed by atoms with E-state index in [0.717, 1.165) is 21.1 Å². The molecule has 1 heterocycles. The fourth-order valence-electron chi connectivity index (χ4n) is 1.81. The highest BCUT2D eigenvalue weighted by molar-refractivity contribution is 9.10. The predicted octanol–water partition coefficient (Wildman–Crippen LogP) is 5.95. The van der Waals surface area contributed by atoms with Crippen LogP contribution in [-0.2, 0) is 0 Å². The summed E-state index contributed by atoms with van der Waals surface area (Å²) in [6, 6.07) is 9.02. The van der Waals surface area contributed by atoms with E-state index in [-0.39, 0.29) is 0 Å². The number of fused-ring (bicyclic) bond motifs is 1. The van der Waals surface area contributed by atoms with Gasteiger partial charge in [0.25, 0.3) is 0 Å². The van der Waals surface area contributed by atoms with Crippen LogP contribution < -0.4 is 0 Å². The Morgan fingerprint density at radius 3 is 2.53 bits per heavy atom. The van der Waals surface area contributed by atoms with Gasteiger partial charge in [-0.25, -0.2) is 4.98 Å². The van der Waals surface area contributed by atoms with E-state index in [4.69, 9.17) is 34.8 Å². The molecule has 0 aliphatic rings. The molecule has 0 unspecified atom stereocenters. The molecule has 96 valence electrons.